The third kappa shape index (κ3) is 3.78. The maximum atomic E-state index is 11.7. The number of nitrogens with zero attached hydrogens (tertiary/aromatic N) is 1. The summed E-state index contributed by atoms with van der Waals surface area (Å²) in [6, 6.07) is -0.641. The number of rotatable bonds is 4. The van der Waals surface area contributed by atoms with Gasteiger partial charge in [-0.15, -0.1) is 0 Å². The number of carbonyl (C=O) groups is 1. The van der Waals surface area contributed by atoms with Crippen LogP contribution in [0.5, 0.6) is 0 Å². The van der Waals surface area contributed by atoms with E-state index in [1.165, 1.54) is 12.3 Å². The molecule has 0 aromatic rings. The van der Waals surface area contributed by atoms with E-state index in [2.05, 4.69) is 9.84 Å². The Kier molecular flexibility index (Phi) is 4.66. The molecule has 120 valence electrons. The largest absolute Gasteiger partial charge is 0.469 e. The lowest BCUT2D eigenvalue weighted by Gasteiger charge is -2.31. The average Bonchev–Trinajstić information content (AvgIpc) is 2.64. The van der Waals surface area contributed by atoms with Gasteiger partial charge in [-0.3, -0.25) is 9.42 Å². The molecule has 1 unspecified atom stereocenters. The molecule has 0 aliphatic carbocycles. The van der Waals surface area contributed by atoms with Crippen molar-refractivity contribution in [1.82, 2.24) is 10.2 Å². The van der Waals surface area contributed by atoms with Crippen LogP contribution in [0.1, 0.15) is 0 Å². The Morgan fingerprint density at radius 3 is 2.67 bits per heavy atom. The third-order valence-electron chi connectivity index (χ3n) is 3.00. The maximum Gasteiger partial charge on any atom is 0.469 e. The van der Waals surface area contributed by atoms with Crippen LogP contribution < -0.4 is 11.1 Å². The number of phosphoric ester groups is 1. The van der Waals surface area contributed by atoms with E-state index in [1.807, 2.05) is 0 Å². The highest BCUT2D eigenvalue weighted by Gasteiger charge is 2.47. The summed E-state index contributed by atoms with van der Waals surface area (Å²) in [5.74, 6) is 0. The zero-order chi connectivity index (χ0) is 15.8. The second-order valence-electron chi connectivity index (χ2n) is 4.56. The Bertz CT molecular complexity index is 482. The highest BCUT2D eigenvalue weighted by molar-refractivity contribution is 7.46. The van der Waals surface area contributed by atoms with Crippen molar-refractivity contribution in [1.29, 1.82) is 0 Å². The van der Waals surface area contributed by atoms with Gasteiger partial charge in [-0.1, -0.05) is 0 Å². The molecule has 11 nitrogen and oxygen atoms in total. The lowest BCUT2D eigenvalue weighted by molar-refractivity contribution is -0.0654. The first-order chi connectivity index (χ1) is 9.69. The molecule has 5 atom stereocenters. The highest BCUT2D eigenvalue weighted by Crippen LogP contribution is 2.37. The standard InChI is InChI=1S/C9H16N3O8P/c10-5-1-2-12(9(15)11-5)8-7(14)6(13)4(20-8)3-19-21(16,17)18/h1-2,4-8,13-14H,3,10H2,(H,11,15)(H2,16,17,18)/t4-,5?,6-,7-,8+/m1/s1. The van der Waals surface area contributed by atoms with E-state index >= 15 is 0 Å². The summed E-state index contributed by atoms with van der Waals surface area (Å²) < 4.78 is 20.1. The van der Waals surface area contributed by atoms with Crippen LogP contribution in [0, 0.1) is 0 Å². The second-order valence-corrected chi connectivity index (χ2v) is 5.80. The number of carbonyl (C=O) groups excluding carboxylic acids is 1. The fourth-order valence-corrected chi connectivity index (χ4v) is 2.33. The van der Waals surface area contributed by atoms with Crippen LogP contribution in [-0.4, -0.2) is 68.2 Å². The number of hydrogen-bond donors (Lipinski definition) is 6. The van der Waals surface area contributed by atoms with E-state index in [0.717, 1.165) is 4.90 Å². The molecule has 2 rings (SSSR count). The molecular formula is C9H16N3O8P. The molecule has 0 radical (unpaired) electrons. The lowest BCUT2D eigenvalue weighted by Crippen LogP contribution is -2.55. The Labute approximate surface area is 119 Å². The predicted molar refractivity (Wildman–Crippen MR) is 66.2 cm³/mol. The van der Waals surface area contributed by atoms with E-state index < -0.39 is 51.2 Å². The molecule has 0 saturated carbocycles. The van der Waals surface area contributed by atoms with Crippen molar-refractivity contribution < 1.29 is 38.6 Å². The van der Waals surface area contributed by atoms with Crippen molar-refractivity contribution in [2.75, 3.05) is 6.61 Å². The fraction of sp³-hybridized carbons (Fsp3) is 0.667. The lowest BCUT2D eigenvalue weighted by atomic mass is 10.1. The van der Waals surface area contributed by atoms with Crippen molar-refractivity contribution >= 4 is 13.9 Å². The van der Waals surface area contributed by atoms with Crippen LogP contribution in [0.2, 0.25) is 0 Å². The molecule has 1 saturated heterocycles. The Hall–Kier alpha value is -1.04. The molecule has 2 amide bonds. The summed E-state index contributed by atoms with van der Waals surface area (Å²) in [5, 5.41) is 22.0. The van der Waals surface area contributed by atoms with Gasteiger partial charge in [0.1, 0.15) is 18.3 Å². The molecule has 1 fully saturated rings. The van der Waals surface area contributed by atoms with Crippen LogP contribution in [0.25, 0.3) is 0 Å². The molecule has 21 heavy (non-hydrogen) atoms. The van der Waals surface area contributed by atoms with Gasteiger partial charge in [-0.05, 0) is 6.08 Å². The van der Waals surface area contributed by atoms with Crippen LogP contribution in [-0.2, 0) is 13.8 Å². The van der Waals surface area contributed by atoms with Gasteiger partial charge < -0.3 is 35.8 Å². The first kappa shape index (κ1) is 16.3. The van der Waals surface area contributed by atoms with Crippen molar-refractivity contribution in [3.8, 4) is 0 Å². The smallest absolute Gasteiger partial charge is 0.387 e. The quantitative estimate of drug-likeness (QED) is 0.302. The number of nitrogens with one attached hydrogen (secondary N) is 1. The van der Waals surface area contributed by atoms with Crippen molar-refractivity contribution in [3.63, 3.8) is 0 Å². The molecule has 2 aliphatic heterocycles. The van der Waals surface area contributed by atoms with E-state index in [-0.39, 0.29) is 0 Å². The van der Waals surface area contributed by atoms with Crippen molar-refractivity contribution in [3.05, 3.63) is 12.3 Å². The van der Waals surface area contributed by atoms with Crippen LogP contribution in [0.3, 0.4) is 0 Å². The molecular weight excluding hydrogens is 309 g/mol. The number of aliphatic hydroxyl groups excluding tert-OH is 2. The minimum absolute atomic E-state index is 0.641. The van der Waals surface area contributed by atoms with Crippen molar-refractivity contribution in [2.45, 2.75) is 30.7 Å². The minimum atomic E-state index is -4.73. The van der Waals surface area contributed by atoms with Gasteiger partial charge in [0, 0.05) is 6.20 Å². The first-order valence-electron chi connectivity index (χ1n) is 5.93. The van der Waals surface area contributed by atoms with E-state index in [0.29, 0.717) is 0 Å². The predicted octanol–water partition coefficient (Wildman–Crippen LogP) is -2.63. The van der Waals surface area contributed by atoms with Gasteiger partial charge >= 0.3 is 13.9 Å². The molecule has 12 heteroatoms. The molecule has 2 heterocycles. The molecule has 7 N–H and O–H groups in total. The summed E-state index contributed by atoms with van der Waals surface area (Å²) >= 11 is 0. The number of hydrogen-bond acceptors (Lipinski definition) is 7. The van der Waals surface area contributed by atoms with Crippen LogP contribution in [0.15, 0.2) is 12.3 Å². The minimum Gasteiger partial charge on any atom is -0.387 e. The molecule has 2 aliphatic rings. The summed E-state index contributed by atoms with van der Waals surface area (Å²) in [7, 11) is -4.73. The Morgan fingerprint density at radius 1 is 1.43 bits per heavy atom. The number of ether oxygens (including phenoxy) is 1. The van der Waals surface area contributed by atoms with E-state index in [9.17, 15) is 19.6 Å². The number of phosphoric acid groups is 1. The van der Waals surface area contributed by atoms with E-state index in [4.69, 9.17) is 20.3 Å². The Balaban J connectivity index is 2.04. The number of nitrogens with two attached hydrogens (primary N) is 1. The van der Waals surface area contributed by atoms with Crippen molar-refractivity contribution in [2.24, 2.45) is 5.73 Å². The second kappa shape index (κ2) is 5.99. The Morgan fingerprint density at radius 2 is 2.10 bits per heavy atom. The zero-order valence-corrected chi connectivity index (χ0v) is 11.5. The van der Waals surface area contributed by atoms with Gasteiger partial charge in [-0.2, -0.15) is 0 Å². The van der Waals surface area contributed by atoms with Gasteiger partial charge in [0.2, 0.25) is 0 Å². The number of amides is 2. The van der Waals surface area contributed by atoms with Crippen LogP contribution in [0.4, 0.5) is 4.79 Å². The monoisotopic (exact) mass is 325 g/mol. The maximum absolute atomic E-state index is 11.7. The SMILES string of the molecule is NC1C=CN([C@H]2O[C@H](COP(=O)(O)O)[C@@H](O)[C@H]2O)C(=O)N1. The van der Waals surface area contributed by atoms with Gasteiger partial charge in [0.05, 0.1) is 12.8 Å². The van der Waals surface area contributed by atoms with Gasteiger partial charge in [0.25, 0.3) is 0 Å². The molecule has 0 spiro atoms. The first-order valence-corrected chi connectivity index (χ1v) is 7.46. The summed E-state index contributed by atoms with van der Waals surface area (Å²) in [6.45, 7) is -0.641. The summed E-state index contributed by atoms with van der Waals surface area (Å²) in [4.78, 5) is 29.9. The fourth-order valence-electron chi connectivity index (χ4n) is 1.99. The summed E-state index contributed by atoms with van der Waals surface area (Å²) in [5.41, 5.74) is 5.47. The average molecular weight is 325 g/mol. The molecule has 0 aromatic heterocycles. The third-order valence-corrected chi connectivity index (χ3v) is 3.48. The van der Waals surface area contributed by atoms with Gasteiger partial charge in [0.15, 0.2) is 6.23 Å². The normalized spacial score (nSPS) is 36.9. The number of urea groups is 1. The van der Waals surface area contributed by atoms with Crippen LogP contribution >= 0.6 is 7.82 Å². The number of aliphatic hydroxyl groups is 2. The van der Waals surface area contributed by atoms with Gasteiger partial charge in [-0.25, -0.2) is 9.36 Å². The summed E-state index contributed by atoms with van der Waals surface area (Å²) in [6.07, 6.45) is -3.33. The van der Waals surface area contributed by atoms with E-state index in [1.54, 1.807) is 0 Å². The highest BCUT2D eigenvalue weighted by atomic mass is 31.2. The topological polar surface area (TPSA) is 175 Å². The zero-order valence-electron chi connectivity index (χ0n) is 10.6. The molecule has 0 aromatic carbocycles. The molecule has 0 bridgehead atoms.